The molecule has 2 heterocycles. The fraction of sp³-hybridized carbons (Fsp3) is 0.519. The summed E-state index contributed by atoms with van der Waals surface area (Å²) in [6.07, 6.45) is 6.42. The van der Waals surface area contributed by atoms with Gasteiger partial charge in [-0.3, -0.25) is 0 Å². The number of hydrogen-bond donors (Lipinski definition) is 0. The Kier molecular flexibility index (Phi) is 6.08. The highest BCUT2D eigenvalue weighted by molar-refractivity contribution is 6.30. The van der Waals surface area contributed by atoms with E-state index in [0.29, 0.717) is 12.0 Å². The molecule has 3 nitrogen and oxygen atoms in total. The van der Waals surface area contributed by atoms with Gasteiger partial charge in [0.1, 0.15) is 5.84 Å². The number of amidine groups is 1. The second-order valence-corrected chi connectivity index (χ2v) is 10.4. The lowest BCUT2D eigenvalue weighted by molar-refractivity contribution is 0.120. The van der Waals surface area contributed by atoms with Crippen LogP contribution in [0.5, 0.6) is 0 Å². The number of benzene rings is 2. The first-order valence-electron chi connectivity index (χ1n) is 12.0. The van der Waals surface area contributed by atoms with E-state index in [1.807, 2.05) is 12.1 Å². The zero-order valence-electron chi connectivity index (χ0n) is 18.8. The van der Waals surface area contributed by atoms with Crippen molar-refractivity contribution in [2.45, 2.75) is 58.0 Å². The molecule has 3 aliphatic rings. The highest BCUT2D eigenvalue weighted by Crippen LogP contribution is 2.43. The standard InChI is InChI=1S/C27H34ClN3/c1-19(2)30-15-5-6-21(17-30)18-31-26(16-20-9-10-20)29-25-8-4-3-7-24(25)27(31)22-11-13-23(28)14-12-22/h3-4,7-8,11-14,19-21,27H,5-6,9-10,15-18H2,1-2H3/t21-,27?/m0/s1. The van der Waals surface area contributed by atoms with Gasteiger partial charge in [0.15, 0.2) is 0 Å². The van der Waals surface area contributed by atoms with Gasteiger partial charge in [0.2, 0.25) is 0 Å². The van der Waals surface area contributed by atoms with Gasteiger partial charge in [-0.25, -0.2) is 4.99 Å². The molecule has 1 saturated carbocycles. The lowest BCUT2D eigenvalue weighted by Gasteiger charge is -2.43. The summed E-state index contributed by atoms with van der Waals surface area (Å²) in [5.74, 6) is 2.79. The van der Waals surface area contributed by atoms with E-state index < -0.39 is 0 Å². The molecule has 5 rings (SSSR count). The summed E-state index contributed by atoms with van der Waals surface area (Å²) < 4.78 is 0. The van der Waals surface area contributed by atoms with Gasteiger partial charge in [-0.1, -0.05) is 41.9 Å². The molecule has 0 amide bonds. The van der Waals surface area contributed by atoms with Crippen molar-refractivity contribution >= 4 is 23.1 Å². The predicted molar refractivity (Wildman–Crippen MR) is 130 cm³/mol. The highest BCUT2D eigenvalue weighted by Gasteiger charge is 2.36. The van der Waals surface area contributed by atoms with E-state index >= 15 is 0 Å². The fourth-order valence-corrected chi connectivity index (χ4v) is 5.42. The second-order valence-electron chi connectivity index (χ2n) is 9.94. The first-order chi connectivity index (χ1) is 15.1. The third kappa shape index (κ3) is 4.68. The molecule has 2 aliphatic heterocycles. The maximum absolute atomic E-state index is 6.25. The molecule has 0 bridgehead atoms. The quantitative estimate of drug-likeness (QED) is 0.503. The molecule has 164 valence electrons. The van der Waals surface area contributed by atoms with Crippen LogP contribution in [0.25, 0.3) is 0 Å². The van der Waals surface area contributed by atoms with Crippen molar-refractivity contribution in [3.8, 4) is 0 Å². The summed E-state index contributed by atoms with van der Waals surface area (Å²) in [5.41, 5.74) is 3.78. The van der Waals surface area contributed by atoms with Crippen LogP contribution in [0.15, 0.2) is 53.5 Å². The van der Waals surface area contributed by atoms with Crippen molar-refractivity contribution < 1.29 is 0 Å². The van der Waals surface area contributed by atoms with E-state index in [0.717, 1.165) is 29.6 Å². The summed E-state index contributed by atoms with van der Waals surface area (Å²) in [5, 5.41) is 0.797. The predicted octanol–water partition coefficient (Wildman–Crippen LogP) is 6.70. The Morgan fingerprint density at radius 3 is 2.52 bits per heavy atom. The monoisotopic (exact) mass is 435 g/mol. The summed E-state index contributed by atoms with van der Waals surface area (Å²) >= 11 is 6.25. The fourth-order valence-electron chi connectivity index (χ4n) is 5.29. The first-order valence-corrected chi connectivity index (χ1v) is 12.4. The first kappa shape index (κ1) is 21.0. The third-order valence-corrected chi connectivity index (χ3v) is 7.47. The van der Waals surface area contributed by atoms with E-state index in [1.165, 1.54) is 55.7 Å². The largest absolute Gasteiger partial charge is 0.348 e. The van der Waals surface area contributed by atoms with Gasteiger partial charge in [-0.2, -0.15) is 0 Å². The molecule has 4 heteroatoms. The van der Waals surface area contributed by atoms with Crippen LogP contribution < -0.4 is 0 Å². The summed E-state index contributed by atoms with van der Waals surface area (Å²) in [6.45, 7) is 8.17. The molecule has 0 spiro atoms. The smallest absolute Gasteiger partial charge is 0.106 e. The molecule has 31 heavy (non-hydrogen) atoms. The number of rotatable bonds is 6. The van der Waals surface area contributed by atoms with Crippen molar-refractivity contribution in [1.29, 1.82) is 0 Å². The van der Waals surface area contributed by atoms with Crippen molar-refractivity contribution in [1.82, 2.24) is 9.80 Å². The van der Waals surface area contributed by atoms with Gasteiger partial charge in [-0.05, 0) is 81.7 Å². The molecule has 2 atom stereocenters. The minimum atomic E-state index is 0.217. The molecule has 1 unspecified atom stereocenters. The summed E-state index contributed by atoms with van der Waals surface area (Å²) in [7, 11) is 0. The van der Waals surface area contributed by atoms with Gasteiger partial charge in [0, 0.05) is 36.1 Å². The van der Waals surface area contributed by atoms with Crippen LogP contribution in [-0.4, -0.2) is 41.3 Å². The molecular formula is C27H34ClN3. The molecule has 1 saturated heterocycles. The lowest BCUT2D eigenvalue weighted by Crippen LogP contribution is -2.47. The average Bonchev–Trinajstić information content (AvgIpc) is 3.59. The molecule has 0 aromatic heterocycles. The van der Waals surface area contributed by atoms with Gasteiger partial charge >= 0.3 is 0 Å². The van der Waals surface area contributed by atoms with Crippen molar-refractivity contribution in [3.63, 3.8) is 0 Å². The Labute approximate surface area is 192 Å². The van der Waals surface area contributed by atoms with Crippen LogP contribution in [-0.2, 0) is 0 Å². The van der Waals surface area contributed by atoms with Gasteiger partial charge in [-0.15, -0.1) is 0 Å². The molecule has 2 fully saturated rings. The lowest BCUT2D eigenvalue weighted by atomic mass is 9.90. The van der Waals surface area contributed by atoms with Crippen LogP contribution in [0.3, 0.4) is 0 Å². The normalized spacial score (nSPS) is 24.3. The van der Waals surface area contributed by atoms with Crippen LogP contribution in [0.4, 0.5) is 5.69 Å². The number of fused-ring (bicyclic) bond motifs is 1. The molecule has 2 aromatic rings. The minimum absolute atomic E-state index is 0.217. The van der Waals surface area contributed by atoms with Crippen molar-refractivity contribution in [3.05, 3.63) is 64.7 Å². The maximum atomic E-state index is 6.25. The van der Waals surface area contributed by atoms with Crippen LogP contribution in [0, 0.1) is 11.8 Å². The maximum Gasteiger partial charge on any atom is 0.106 e. The third-order valence-electron chi connectivity index (χ3n) is 7.21. The molecule has 2 aromatic carbocycles. The topological polar surface area (TPSA) is 18.8 Å². The van der Waals surface area contributed by atoms with Crippen molar-refractivity contribution in [2.75, 3.05) is 19.6 Å². The van der Waals surface area contributed by atoms with Crippen LogP contribution >= 0.6 is 11.6 Å². The average molecular weight is 436 g/mol. The summed E-state index contributed by atoms with van der Waals surface area (Å²) in [4.78, 5) is 10.5. The summed E-state index contributed by atoms with van der Waals surface area (Å²) in [6, 6.07) is 18.0. The Morgan fingerprint density at radius 1 is 1.00 bits per heavy atom. The highest BCUT2D eigenvalue weighted by atomic mass is 35.5. The van der Waals surface area contributed by atoms with Crippen LogP contribution in [0.2, 0.25) is 5.02 Å². The molecule has 1 aliphatic carbocycles. The number of nitrogens with zero attached hydrogens (tertiary/aromatic N) is 3. The van der Waals surface area contributed by atoms with Gasteiger partial charge in [0.05, 0.1) is 11.7 Å². The van der Waals surface area contributed by atoms with E-state index in [4.69, 9.17) is 16.6 Å². The molecular weight excluding hydrogens is 402 g/mol. The number of aliphatic imine (C=N–C) groups is 1. The van der Waals surface area contributed by atoms with E-state index in [2.05, 4.69) is 60.0 Å². The second kappa shape index (κ2) is 8.96. The Hall–Kier alpha value is -1.84. The molecule has 0 radical (unpaired) electrons. The van der Waals surface area contributed by atoms with E-state index in [9.17, 15) is 0 Å². The van der Waals surface area contributed by atoms with Gasteiger partial charge < -0.3 is 9.80 Å². The van der Waals surface area contributed by atoms with E-state index in [-0.39, 0.29) is 6.04 Å². The Bertz CT molecular complexity index is 932. The SMILES string of the molecule is CC(C)N1CCC[C@H](CN2C(CC3CC3)=Nc3ccccc3C2c2ccc(Cl)cc2)C1. The number of para-hydroxylation sites is 1. The minimum Gasteiger partial charge on any atom is -0.348 e. The Balaban J connectivity index is 1.51. The van der Waals surface area contributed by atoms with Crippen molar-refractivity contribution in [2.24, 2.45) is 16.8 Å². The molecule has 0 N–H and O–H groups in total. The zero-order chi connectivity index (χ0) is 21.4. The number of piperidine rings is 1. The number of likely N-dealkylation sites (tertiary alicyclic amines) is 1. The Morgan fingerprint density at radius 2 is 1.77 bits per heavy atom. The number of halogens is 1. The number of hydrogen-bond acceptors (Lipinski definition) is 3. The van der Waals surface area contributed by atoms with Crippen LogP contribution in [0.1, 0.15) is 63.1 Å². The zero-order valence-corrected chi connectivity index (χ0v) is 19.6. The van der Waals surface area contributed by atoms with Gasteiger partial charge in [0.25, 0.3) is 0 Å². The van der Waals surface area contributed by atoms with E-state index in [1.54, 1.807) is 0 Å².